The van der Waals surface area contributed by atoms with Crippen LogP contribution in [0, 0.1) is 17.2 Å². The van der Waals surface area contributed by atoms with Crippen LogP contribution in [0.15, 0.2) is 29.8 Å². The summed E-state index contributed by atoms with van der Waals surface area (Å²) in [6.07, 6.45) is -2.14. The van der Waals surface area contributed by atoms with Crippen LogP contribution in [0.25, 0.3) is 5.57 Å². The fraction of sp³-hybridized carbons (Fsp3) is 0.545. The third-order valence-corrected chi connectivity index (χ3v) is 6.10. The topological polar surface area (TPSA) is 67.6 Å². The zero-order valence-corrected chi connectivity index (χ0v) is 17.0. The number of carbonyl (C=O) groups excluding carboxylic acids is 1. The summed E-state index contributed by atoms with van der Waals surface area (Å²) < 4.78 is 38.3. The third kappa shape index (κ3) is 4.96. The Balaban J connectivity index is 1.62. The molecule has 1 N–H and O–H groups in total. The average Bonchev–Trinajstić information content (AvgIpc) is 2.74. The highest BCUT2D eigenvalue weighted by Crippen LogP contribution is 2.32. The number of nitrogens with zero attached hydrogens (tertiary/aromatic N) is 3. The molecule has 1 atom stereocenters. The van der Waals surface area contributed by atoms with Crippen LogP contribution in [0.4, 0.5) is 18.0 Å². The van der Waals surface area contributed by atoms with Crippen LogP contribution in [0.5, 0.6) is 0 Å². The number of rotatable bonds is 2. The van der Waals surface area contributed by atoms with Crippen molar-refractivity contribution < 1.29 is 23.1 Å². The minimum Gasteiger partial charge on any atom is -0.393 e. The molecule has 0 spiro atoms. The number of carbonyl (C=O) groups is 1. The molecule has 1 unspecified atom stereocenters. The van der Waals surface area contributed by atoms with Crippen molar-refractivity contribution in [1.82, 2.24) is 9.80 Å². The Bertz CT molecular complexity index is 823. The second-order valence-electron chi connectivity index (χ2n) is 8.00. The first-order valence-corrected chi connectivity index (χ1v) is 10.2. The molecule has 162 valence electrons. The highest BCUT2D eigenvalue weighted by Gasteiger charge is 2.31. The zero-order valence-electron chi connectivity index (χ0n) is 17.0. The van der Waals surface area contributed by atoms with E-state index in [4.69, 9.17) is 0 Å². The van der Waals surface area contributed by atoms with Gasteiger partial charge < -0.3 is 14.9 Å². The van der Waals surface area contributed by atoms with E-state index in [0.29, 0.717) is 50.2 Å². The van der Waals surface area contributed by atoms with Gasteiger partial charge in [-0.25, -0.2) is 4.79 Å². The lowest BCUT2D eigenvalue weighted by Gasteiger charge is -2.38. The number of hydrogen-bond donors (Lipinski definition) is 1. The number of nitriles is 1. The van der Waals surface area contributed by atoms with Crippen LogP contribution in [0.3, 0.4) is 0 Å². The lowest BCUT2D eigenvalue weighted by atomic mass is 9.92. The fourth-order valence-corrected chi connectivity index (χ4v) is 4.16. The maximum Gasteiger partial charge on any atom is 0.416 e. The first-order chi connectivity index (χ1) is 14.2. The third-order valence-electron chi connectivity index (χ3n) is 6.10. The second kappa shape index (κ2) is 9.09. The van der Waals surface area contributed by atoms with Gasteiger partial charge >= 0.3 is 12.2 Å². The summed E-state index contributed by atoms with van der Waals surface area (Å²) in [5.41, 5.74) is 0.997. The van der Waals surface area contributed by atoms with Crippen LogP contribution < -0.4 is 0 Å². The maximum absolute atomic E-state index is 12.8. The lowest BCUT2D eigenvalue weighted by Crippen LogP contribution is -2.49. The minimum absolute atomic E-state index is 0.0221. The molecule has 2 amide bonds. The van der Waals surface area contributed by atoms with Crippen molar-refractivity contribution in [3.63, 3.8) is 0 Å². The average molecular weight is 421 g/mol. The highest BCUT2D eigenvalue weighted by molar-refractivity contribution is 5.80. The molecule has 0 bridgehead atoms. The lowest BCUT2D eigenvalue weighted by molar-refractivity contribution is -0.137. The number of benzene rings is 1. The Morgan fingerprint density at radius 3 is 2.10 bits per heavy atom. The molecule has 0 aliphatic carbocycles. The van der Waals surface area contributed by atoms with Gasteiger partial charge in [-0.2, -0.15) is 18.4 Å². The van der Waals surface area contributed by atoms with Crippen molar-refractivity contribution in [2.75, 3.05) is 26.2 Å². The smallest absolute Gasteiger partial charge is 0.393 e. The van der Waals surface area contributed by atoms with E-state index in [9.17, 15) is 28.3 Å². The number of alkyl halides is 3. The maximum atomic E-state index is 12.8. The van der Waals surface area contributed by atoms with E-state index in [-0.39, 0.29) is 18.1 Å². The summed E-state index contributed by atoms with van der Waals surface area (Å²) in [5, 5.41) is 19.3. The van der Waals surface area contributed by atoms with Gasteiger partial charge in [0.1, 0.15) is 0 Å². The van der Waals surface area contributed by atoms with E-state index in [1.54, 1.807) is 11.8 Å². The number of piperidine rings is 2. The van der Waals surface area contributed by atoms with Crippen molar-refractivity contribution >= 4 is 11.6 Å². The highest BCUT2D eigenvalue weighted by atomic mass is 19.4. The second-order valence-corrected chi connectivity index (χ2v) is 8.00. The SMILES string of the molecule is CC(O)C1CCN(C(=O)N2CCC(=C(C#N)c3ccc(C(F)(F)F)cc3)CC2)CC1. The number of hydrogen-bond acceptors (Lipinski definition) is 3. The molecule has 2 aliphatic heterocycles. The Kier molecular flexibility index (Phi) is 6.71. The fourth-order valence-electron chi connectivity index (χ4n) is 4.16. The first kappa shape index (κ1) is 22.2. The van der Waals surface area contributed by atoms with Crippen LogP contribution in [0.1, 0.15) is 43.7 Å². The number of amides is 2. The molecule has 0 radical (unpaired) electrons. The molecule has 2 saturated heterocycles. The molecule has 30 heavy (non-hydrogen) atoms. The van der Waals surface area contributed by atoms with Gasteiger partial charge in [0, 0.05) is 26.2 Å². The van der Waals surface area contributed by atoms with Crippen LogP contribution in [-0.4, -0.2) is 53.2 Å². The van der Waals surface area contributed by atoms with Gasteiger partial charge in [-0.05, 0) is 61.8 Å². The standard InChI is InChI=1S/C22H26F3N3O2/c1-15(29)16-6-10-27(11-7-16)21(30)28-12-8-18(9-13-28)20(14-26)17-2-4-19(5-3-17)22(23,24)25/h2-5,15-16,29H,6-13H2,1H3. The molecular weight excluding hydrogens is 395 g/mol. The Hall–Kier alpha value is -2.53. The number of likely N-dealkylation sites (tertiary alicyclic amines) is 2. The predicted molar refractivity (Wildman–Crippen MR) is 106 cm³/mol. The van der Waals surface area contributed by atoms with Gasteiger partial charge in [-0.3, -0.25) is 0 Å². The van der Waals surface area contributed by atoms with E-state index in [1.807, 2.05) is 4.90 Å². The van der Waals surface area contributed by atoms with Gasteiger partial charge in [0.05, 0.1) is 23.3 Å². The monoisotopic (exact) mass is 421 g/mol. The van der Waals surface area contributed by atoms with Gasteiger partial charge in [0.2, 0.25) is 0 Å². The van der Waals surface area contributed by atoms with E-state index >= 15 is 0 Å². The summed E-state index contributed by atoms with van der Waals surface area (Å²) in [7, 11) is 0. The molecule has 2 heterocycles. The van der Waals surface area contributed by atoms with Crippen molar-refractivity contribution in [2.24, 2.45) is 5.92 Å². The quantitative estimate of drug-likeness (QED) is 0.725. The van der Waals surface area contributed by atoms with Crippen molar-refractivity contribution in [2.45, 2.75) is 44.9 Å². The van der Waals surface area contributed by atoms with Gasteiger partial charge in [0.25, 0.3) is 0 Å². The Morgan fingerprint density at radius 1 is 1.10 bits per heavy atom. The first-order valence-electron chi connectivity index (χ1n) is 10.2. The molecule has 1 aromatic rings. The molecule has 0 aromatic heterocycles. The van der Waals surface area contributed by atoms with Crippen LogP contribution in [0.2, 0.25) is 0 Å². The molecule has 3 rings (SSSR count). The number of allylic oxidation sites excluding steroid dienone is 1. The number of aliphatic hydroxyl groups is 1. The van der Waals surface area contributed by atoms with E-state index in [1.165, 1.54) is 12.1 Å². The van der Waals surface area contributed by atoms with Crippen molar-refractivity contribution in [3.8, 4) is 6.07 Å². The van der Waals surface area contributed by atoms with E-state index < -0.39 is 11.7 Å². The van der Waals surface area contributed by atoms with Gasteiger partial charge in [-0.1, -0.05) is 12.1 Å². The van der Waals surface area contributed by atoms with Gasteiger partial charge in [0.15, 0.2) is 0 Å². The molecular formula is C22H26F3N3O2. The molecule has 0 saturated carbocycles. The molecule has 2 fully saturated rings. The summed E-state index contributed by atoms with van der Waals surface area (Å²) in [4.78, 5) is 16.4. The number of aliphatic hydroxyl groups excluding tert-OH is 1. The predicted octanol–water partition coefficient (Wildman–Crippen LogP) is 4.29. The van der Waals surface area contributed by atoms with E-state index in [2.05, 4.69) is 6.07 Å². The molecule has 5 nitrogen and oxygen atoms in total. The Labute approximate surface area is 174 Å². The number of halogens is 3. The van der Waals surface area contributed by atoms with Crippen LogP contribution >= 0.6 is 0 Å². The normalized spacial score (nSPS) is 19.4. The minimum atomic E-state index is -4.41. The zero-order chi connectivity index (χ0) is 21.9. The van der Waals surface area contributed by atoms with E-state index in [0.717, 1.165) is 30.5 Å². The van der Waals surface area contributed by atoms with Gasteiger partial charge in [-0.15, -0.1) is 0 Å². The molecule has 2 aliphatic rings. The summed E-state index contributed by atoms with van der Waals surface area (Å²) >= 11 is 0. The summed E-state index contributed by atoms with van der Waals surface area (Å²) in [6.45, 7) is 4.00. The largest absolute Gasteiger partial charge is 0.416 e. The van der Waals surface area contributed by atoms with Crippen molar-refractivity contribution in [3.05, 3.63) is 41.0 Å². The Morgan fingerprint density at radius 2 is 1.63 bits per heavy atom. The van der Waals surface area contributed by atoms with Crippen LogP contribution in [-0.2, 0) is 6.18 Å². The summed E-state index contributed by atoms with van der Waals surface area (Å²) in [5.74, 6) is 0.229. The molecule has 1 aromatic carbocycles. The molecule has 8 heteroatoms. The number of urea groups is 1. The van der Waals surface area contributed by atoms with Crippen molar-refractivity contribution in [1.29, 1.82) is 5.26 Å². The summed E-state index contributed by atoms with van der Waals surface area (Å²) in [6, 6.07) is 6.75.